The molecule has 0 atom stereocenters. The van der Waals surface area contributed by atoms with E-state index < -0.39 is 11.9 Å². The zero-order chi connectivity index (χ0) is 18.4. The van der Waals surface area contributed by atoms with Crippen LogP contribution in [0.4, 0.5) is 0 Å². The van der Waals surface area contributed by atoms with Crippen molar-refractivity contribution < 1.29 is 23.8 Å². The van der Waals surface area contributed by atoms with E-state index in [1.807, 2.05) is 32.0 Å². The molecule has 0 aliphatic carbocycles. The van der Waals surface area contributed by atoms with E-state index in [1.165, 1.54) is 0 Å². The van der Waals surface area contributed by atoms with Crippen LogP contribution in [0.3, 0.4) is 0 Å². The number of carbonyl (C=O) groups excluding carboxylic acids is 2. The van der Waals surface area contributed by atoms with Gasteiger partial charge in [-0.05, 0) is 63.6 Å². The largest absolute Gasteiger partial charge is 0.482 e. The predicted molar refractivity (Wildman–Crippen MR) is 94.0 cm³/mol. The lowest BCUT2D eigenvalue weighted by atomic mass is 10.1. The van der Waals surface area contributed by atoms with Crippen LogP contribution in [0.2, 0.25) is 0 Å². The third-order valence-corrected chi connectivity index (χ3v) is 3.34. The molecule has 2 aromatic rings. The van der Waals surface area contributed by atoms with Gasteiger partial charge in [0.25, 0.3) is 0 Å². The topological polar surface area (TPSA) is 61.8 Å². The number of benzene rings is 2. The van der Waals surface area contributed by atoms with Crippen LogP contribution in [0, 0.1) is 13.8 Å². The summed E-state index contributed by atoms with van der Waals surface area (Å²) in [7, 11) is 0. The number of aryl methyl sites for hydroxylation is 2. The van der Waals surface area contributed by atoms with Crippen molar-refractivity contribution >= 4 is 11.9 Å². The first-order valence-corrected chi connectivity index (χ1v) is 8.07. The Balaban J connectivity index is 1.89. The molecule has 0 radical (unpaired) electrons. The van der Waals surface area contributed by atoms with Gasteiger partial charge in [-0.15, -0.1) is 0 Å². The molecule has 2 aromatic carbocycles. The third-order valence-electron chi connectivity index (χ3n) is 3.34. The van der Waals surface area contributed by atoms with Crippen LogP contribution in [0.25, 0.3) is 0 Å². The summed E-state index contributed by atoms with van der Waals surface area (Å²) in [4.78, 5) is 23.6. The zero-order valence-electron chi connectivity index (χ0n) is 14.9. The van der Waals surface area contributed by atoms with Gasteiger partial charge in [0.05, 0.1) is 11.7 Å². The Morgan fingerprint density at radius 2 is 1.68 bits per heavy atom. The smallest absolute Gasteiger partial charge is 0.349 e. The fraction of sp³-hybridized carbons (Fsp3) is 0.300. The quantitative estimate of drug-likeness (QED) is 0.589. The van der Waals surface area contributed by atoms with Crippen LogP contribution in [0.5, 0.6) is 11.5 Å². The molecule has 0 unspecified atom stereocenters. The molecule has 0 saturated heterocycles. The number of hydrogen-bond donors (Lipinski definition) is 0. The number of carbonyl (C=O) groups is 2. The van der Waals surface area contributed by atoms with Crippen molar-refractivity contribution in [3.63, 3.8) is 0 Å². The summed E-state index contributed by atoms with van der Waals surface area (Å²) in [5, 5.41) is 0. The van der Waals surface area contributed by atoms with Crippen molar-refractivity contribution in [1.29, 1.82) is 0 Å². The van der Waals surface area contributed by atoms with Crippen molar-refractivity contribution in [3.8, 4) is 11.5 Å². The first-order chi connectivity index (χ1) is 11.8. The average Bonchev–Trinajstić information content (AvgIpc) is 2.54. The van der Waals surface area contributed by atoms with Crippen LogP contribution >= 0.6 is 0 Å². The molecule has 0 heterocycles. The maximum absolute atomic E-state index is 11.9. The highest BCUT2D eigenvalue weighted by Crippen LogP contribution is 2.19. The molecule has 0 aliphatic heterocycles. The molecule has 0 amide bonds. The van der Waals surface area contributed by atoms with Crippen molar-refractivity contribution in [2.45, 2.75) is 33.8 Å². The number of ether oxygens (including phenoxy) is 3. The van der Waals surface area contributed by atoms with Gasteiger partial charge in [-0.2, -0.15) is 0 Å². The average molecular weight is 342 g/mol. The van der Waals surface area contributed by atoms with Gasteiger partial charge in [0.15, 0.2) is 6.61 Å². The fourth-order valence-electron chi connectivity index (χ4n) is 2.20. The summed E-state index contributed by atoms with van der Waals surface area (Å²) in [5.41, 5.74) is 2.49. The van der Waals surface area contributed by atoms with Gasteiger partial charge in [0, 0.05) is 0 Å². The lowest BCUT2D eigenvalue weighted by molar-refractivity contribution is -0.136. The molecule has 5 nitrogen and oxygen atoms in total. The second-order valence-electron chi connectivity index (χ2n) is 6.01. The highest BCUT2D eigenvalue weighted by Gasteiger charge is 2.11. The van der Waals surface area contributed by atoms with Gasteiger partial charge in [0.1, 0.15) is 11.5 Å². The van der Waals surface area contributed by atoms with Crippen LogP contribution in [-0.4, -0.2) is 24.6 Å². The number of hydrogen-bond acceptors (Lipinski definition) is 5. The van der Waals surface area contributed by atoms with Crippen LogP contribution in [-0.2, 0) is 9.53 Å². The van der Waals surface area contributed by atoms with Crippen molar-refractivity contribution in [2.24, 2.45) is 0 Å². The minimum absolute atomic E-state index is 0.188. The predicted octanol–water partition coefficient (Wildman–Crippen LogP) is 3.85. The summed E-state index contributed by atoms with van der Waals surface area (Å²) in [6.07, 6.45) is -0.188. The second kappa shape index (κ2) is 8.33. The Bertz CT molecular complexity index is 747. The first kappa shape index (κ1) is 18.5. The molecule has 5 heteroatoms. The molecular weight excluding hydrogens is 320 g/mol. The molecule has 0 bridgehead atoms. The maximum Gasteiger partial charge on any atom is 0.349 e. The zero-order valence-corrected chi connectivity index (χ0v) is 14.9. The lowest BCUT2D eigenvalue weighted by Gasteiger charge is -2.10. The maximum atomic E-state index is 11.9. The van der Waals surface area contributed by atoms with Gasteiger partial charge in [-0.1, -0.05) is 17.7 Å². The number of rotatable bonds is 6. The van der Waals surface area contributed by atoms with E-state index in [9.17, 15) is 9.59 Å². The minimum atomic E-state index is -0.516. The van der Waals surface area contributed by atoms with E-state index in [2.05, 4.69) is 0 Å². The Labute approximate surface area is 147 Å². The summed E-state index contributed by atoms with van der Waals surface area (Å²) < 4.78 is 15.8. The summed E-state index contributed by atoms with van der Waals surface area (Å²) in [6, 6.07) is 11.9. The summed E-state index contributed by atoms with van der Waals surface area (Å²) in [5.74, 6) is 0.0631. The highest BCUT2D eigenvalue weighted by atomic mass is 16.6. The Hall–Kier alpha value is -2.82. The minimum Gasteiger partial charge on any atom is -0.482 e. The number of esters is 2. The molecule has 132 valence electrons. The van der Waals surface area contributed by atoms with Gasteiger partial charge >= 0.3 is 11.9 Å². The molecule has 0 spiro atoms. The van der Waals surface area contributed by atoms with E-state index in [-0.39, 0.29) is 12.7 Å². The van der Waals surface area contributed by atoms with Crippen molar-refractivity contribution in [3.05, 3.63) is 59.2 Å². The SMILES string of the molecule is Cc1ccc(OCC(=O)Oc2ccc(C(=O)OC(C)C)cc2)c(C)c1. The normalized spacial score (nSPS) is 10.4. The Morgan fingerprint density at radius 3 is 2.28 bits per heavy atom. The molecule has 0 saturated carbocycles. The van der Waals surface area contributed by atoms with E-state index >= 15 is 0 Å². The van der Waals surface area contributed by atoms with Crippen LogP contribution < -0.4 is 9.47 Å². The van der Waals surface area contributed by atoms with Gasteiger partial charge in [-0.3, -0.25) is 0 Å². The highest BCUT2D eigenvalue weighted by molar-refractivity contribution is 5.89. The van der Waals surface area contributed by atoms with E-state index in [4.69, 9.17) is 14.2 Å². The van der Waals surface area contributed by atoms with E-state index in [0.29, 0.717) is 17.1 Å². The molecule has 0 N–H and O–H groups in total. The van der Waals surface area contributed by atoms with E-state index in [0.717, 1.165) is 11.1 Å². The fourth-order valence-corrected chi connectivity index (χ4v) is 2.20. The van der Waals surface area contributed by atoms with Crippen molar-refractivity contribution in [1.82, 2.24) is 0 Å². The monoisotopic (exact) mass is 342 g/mol. The Morgan fingerprint density at radius 1 is 1.00 bits per heavy atom. The van der Waals surface area contributed by atoms with Crippen LogP contribution in [0.1, 0.15) is 35.3 Å². The molecule has 0 fully saturated rings. The van der Waals surface area contributed by atoms with Crippen molar-refractivity contribution in [2.75, 3.05) is 6.61 Å². The van der Waals surface area contributed by atoms with E-state index in [1.54, 1.807) is 38.1 Å². The molecule has 0 aromatic heterocycles. The molecule has 0 aliphatic rings. The van der Waals surface area contributed by atoms with Gasteiger partial charge < -0.3 is 14.2 Å². The van der Waals surface area contributed by atoms with Gasteiger partial charge in [0.2, 0.25) is 0 Å². The Kier molecular flexibility index (Phi) is 6.17. The lowest BCUT2D eigenvalue weighted by Crippen LogP contribution is -2.18. The van der Waals surface area contributed by atoms with Gasteiger partial charge in [-0.25, -0.2) is 9.59 Å². The summed E-state index contributed by atoms with van der Waals surface area (Å²) in [6.45, 7) is 7.28. The molecule has 2 rings (SSSR count). The molecule has 25 heavy (non-hydrogen) atoms. The molecular formula is C20H22O5. The second-order valence-corrected chi connectivity index (χ2v) is 6.01. The van der Waals surface area contributed by atoms with Crippen LogP contribution in [0.15, 0.2) is 42.5 Å². The first-order valence-electron chi connectivity index (χ1n) is 8.07. The standard InChI is InChI=1S/C20H22O5/c1-13(2)24-20(22)16-6-8-17(9-7-16)25-19(21)12-23-18-10-5-14(3)11-15(18)4/h5-11,13H,12H2,1-4H3. The summed E-state index contributed by atoms with van der Waals surface area (Å²) >= 11 is 0. The third kappa shape index (κ3) is 5.64.